The molecule has 1 heterocycles. The quantitative estimate of drug-likeness (QED) is 0.792. The smallest absolute Gasteiger partial charge is 0.0578 e. The van der Waals surface area contributed by atoms with E-state index in [4.69, 9.17) is 0 Å². The monoisotopic (exact) mass is 190 g/mol. The predicted octanol–water partition coefficient (Wildman–Crippen LogP) is 2.45. The molecule has 0 aliphatic heterocycles. The molecule has 14 heavy (non-hydrogen) atoms. The summed E-state index contributed by atoms with van der Waals surface area (Å²) in [6, 6.07) is 4.71. The summed E-state index contributed by atoms with van der Waals surface area (Å²) < 4.78 is 0. The highest BCUT2D eigenvalue weighted by Gasteiger charge is 2.27. The lowest BCUT2D eigenvalue weighted by molar-refractivity contribution is 0.236. The second-order valence-electron chi connectivity index (χ2n) is 4.22. The average molecular weight is 190 g/mol. The SMILES string of the molecule is CNC(c1cc(C)ccn1)C1CCC1. The highest BCUT2D eigenvalue weighted by molar-refractivity contribution is 5.18. The number of hydrogen-bond donors (Lipinski definition) is 1. The summed E-state index contributed by atoms with van der Waals surface area (Å²) in [5.74, 6) is 0.800. The van der Waals surface area contributed by atoms with Gasteiger partial charge in [-0.2, -0.15) is 0 Å². The molecule has 1 atom stereocenters. The van der Waals surface area contributed by atoms with Gasteiger partial charge in [0.05, 0.1) is 11.7 Å². The minimum atomic E-state index is 0.462. The first-order chi connectivity index (χ1) is 6.81. The van der Waals surface area contributed by atoms with Crippen LogP contribution in [0.2, 0.25) is 0 Å². The van der Waals surface area contributed by atoms with Gasteiger partial charge in [0, 0.05) is 6.20 Å². The van der Waals surface area contributed by atoms with Crippen LogP contribution in [0.4, 0.5) is 0 Å². The lowest BCUT2D eigenvalue weighted by Crippen LogP contribution is -2.30. The van der Waals surface area contributed by atoms with E-state index in [2.05, 4.69) is 29.4 Å². The van der Waals surface area contributed by atoms with Crippen LogP contribution >= 0.6 is 0 Å². The second-order valence-corrected chi connectivity index (χ2v) is 4.22. The van der Waals surface area contributed by atoms with Gasteiger partial charge in [0.15, 0.2) is 0 Å². The van der Waals surface area contributed by atoms with E-state index in [0.29, 0.717) is 6.04 Å². The third kappa shape index (κ3) is 1.80. The first kappa shape index (κ1) is 9.66. The van der Waals surface area contributed by atoms with Crippen LogP contribution < -0.4 is 5.32 Å². The Morgan fingerprint density at radius 1 is 1.50 bits per heavy atom. The molecule has 2 nitrogen and oxygen atoms in total. The van der Waals surface area contributed by atoms with Crippen molar-refractivity contribution in [2.75, 3.05) is 7.05 Å². The molecule has 0 amide bonds. The molecule has 0 radical (unpaired) electrons. The van der Waals surface area contributed by atoms with E-state index in [-0.39, 0.29) is 0 Å². The zero-order valence-corrected chi connectivity index (χ0v) is 8.96. The number of aryl methyl sites for hydroxylation is 1. The minimum Gasteiger partial charge on any atom is -0.311 e. The summed E-state index contributed by atoms with van der Waals surface area (Å²) in [4.78, 5) is 4.45. The van der Waals surface area contributed by atoms with Crippen molar-refractivity contribution >= 4 is 0 Å². The van der Waals surface area contributed by atoms with Crippen molar-refractivity contribution in [3.8, 4) is 0 Å². The van der Waals surface area contributed by atoms with E-state index >= 15 is 0 Å². The van der Waals surface area contributed by atoms with Crippen LogP contribution in [-0.4, -0.2) is 12.0 Å². The van der Waals surface area contributed by atoms with Crippen molar-refractivity contribution in [1.29, 1.82) is 0 Å². The molecule has 76 valence electrons. The fraction of sp³-hybridized carbons (Fsp3) is 0.583. The average Bonchev–Trinajstić information content (AvgIpc) is 2.10. The molecule has 1 N–H and O–H groups in total. The Kier molecular flexibility index (Phi) is 2.82. The van der Waals surface area contributed by atoms with Gasteiger partial charge < -0.3 is 5.32 Å². The van der Waals surface area contributed by atoms with Gasteiger partial charge in [0.25, 0.3) is 0 Å². The summed E-state index contributed by atoms with van der Waals surface area (Å²) in [5, 5.41) is 3.38. The topological polar surface area (TPSA) is 24.9 Å². The standard InChI is InChI=1S/C12H18N2/c1-9-6-7-14-11(8-9)12(13-2)10-4-3-5-10/h6-8,10,12-13H,3-5H2,1-2H3. The maximum atomic E-state index is 4.45. The fourth-order valence-corrected chi connectivity index (χ4v) is 2.13. The molecule has 1 unspecified atom stereocenters. The molecule has 0 aromatic carbocycles. The number of aromatic nitrogens is 1. The highest BCUT2D eigenvalue weighted by atomic mass is 14.9. The van der Waals surface area contributed by atoms with Crippen LogP contribution in [0.1, 0.15) is 36.6 Å². The Bertz CT molecular complexity index is 305. The first-order valence-electron chi connectivity index (χ1n) is 5.41. The molecule has 2 heteroatoms. The van der Waals surface area contributed by atoms with Crippen LogP contribution in [0.25, 0.3) is 0 Å². The number of nitrogens with one attached hydrogen (secondary N) is 1. The number of nitrogens with zero attached hydrogens (tertiary/aromatic N) is 1. The van der Waals surface area contributed by atoms with E-state index in [1.54, 1.807) is 0 Å². The van der Waals surface area contributed by atoms with Gasteiger partial charge in [-0.1, -0.05) is 6.42 Å². The Labute approximate surface area is 85.7 Å². The van der Waals surface area contributed by atoms with Crippen molar-refractivity contribution in [3.05, 3.63) is 29.6 Å². The lowest BCUT2D eigenvalue weighted by atomic mass is 9.78. The van der Waals surface area contributed by atoms with Crippen LogP contribution in [0.15, 0.2) is 18.3 Å². The van der Waals surface area contributed by atoms with Crippen LogP contribution in [0.3, 0.4) is 0 Å². The molecular weight excluding hydrogens is 172 g/mol. The summed E-state index contributed by atoms with van der Waals surface area (Å²) >= 11 is 0. The molecule has 1 aromatic rings. The molecule has 0 saturated heterocycles. The van der Waals surface area contributed by atoms with Crippen LogP contribution in [0, 0.1) is 12.8 Å². The Morgan fingerprint density at radius 3 is 2.79 bits per heavy atom. The van der Waals surface area contributed by atoms with Crippen molar-refractivity contribution in [1.82, 2.24) is 10.3 Å². The van der Waals surface area contributed by atoms with E-state index in [1.807, 2.05) is 13.2 Å². The van der Waals surface area contributed by atoms with Gasteiger partial charge in [-0.05, 0) is 50.4 Å². The predicted molar refractivity (Wildman–Crippen MR) is 58.1 cm³/mol. The van der Waals surface area contributed by atoms with Crippen molar-refractivity contribution in [3.63, 3.8) is 0 Å². The molecular formula is C12H18N2. The van der Waals surface area contributed by atoms with Gasteiger partial charge in [-0.3, -0.25) is 4.98 Å². The lowest BCUT2D eigenvalue weighted by Gasteiger charge is -2.33. The van der Waals surface area contributed by atoms with Gasteiger partial charge >= 0.3 is 0 Å². The van der Waals surface area contributed by atoms with E-state index in [1.165, 1.54) is 30.5 Å². The molecule has 1 aromatic heterocycles. The minimum absolute atomic E-state index is 0.462. The third-order valence-corrected chi connectivity index (χ3v) is 3.19. The normalized spacial score (nSPS) is 19.0. The van der Waals surface area contributed by atoms with Crippen molar-refractivity contribution < 1.29 is 0 Å². The molecule has 0 spiro atoms. The van der Waals surface area contributed by atoms with E-state index < -0.39 is 0 Å². The first-order valence-corrected chi connectivity index (χ1v) is 5.41. The summed E-state index contributed by atoms with van der Waals surface area (Å²) in [6.45, 7) is 2.12. The molecule has 1 aliphatic rings. The number of hydrogen-bond acceptors (Lipinski definition) is 2. The van der Waals surface area contributed by atoms with Crippen LogP contribution in [0.5, 0.6) is 0 Å². The van der Waals surface area contributed by atoms with Crippen LogP contribution in [-0.2, 0) is 0 Å². The van der Waals surface area contributed by atoms with Gasteiger partial charge in [-0.25, -0.2) is 0 Å². The van der Waals surface area contributed by atoms with Crippen molar-refractivity contribution in [2.45, 2.75) is 32.2 Å². The Hall–Kier alpha value is -0.890. The molecule has 1 saturated carbocycles. The third-order valence-electron chi connectivity index (χ3n) is 3.19. The maximum Gasteiger partial charge on any atom is 0.0578 e. The summed E-state index contributed by atoms with van der Waals surface area (Å²) in [6.07, 6.45) is 5.99. The van der Waals surface area contributed by atoms with E-state index in [0.717, 1.165) is 5.92 Å². The van der Waals surface area contributed by atoms with Gasteiger partial charge in [0.1, 0.15) is 0 Å². The second kappa shape index (κ2) is 4.09. The maximum absolute atomic E-state index is 4.45. The Morgan fingerprint density at radius 2 is 2.29 bits per heavy atom. The highest BCUT2D eigenvalue weighted by Crippen LogP contribution is 2.36. The van der Waals surface area contributed by atoms with Crippen molar-refractivity contribution in [2.24, 2.45) is 5.92 Å². The zero-order chi connectivity index (χ0) is 9.97. The summed E-state index contributed by atoms with van der Waals surface area (Å²) in [7, 11) is 2.03. The van der Waals surface area contributed by atoms with Gasteiger partial charge in [-0.15, -0.1) is 0 Å². The number of pyridine rings is 1. The number of rotatable bonds is 3. The molecule has 1 fully saturated rings. The van der Waals surface area contributed by atoms with Gasteiger partial charge in [0.2, 0.25) is 0 Å². The summed E-state index contributed by atoms with van der Waals surface area (Å²) in [5.41, 5.74) is 2.51. The molecule has 0 bridgehead atoms. The van der Waals surface area contributed by atoms with E-state index in [9.17, 15) is 0 Å². The zero-order valence-electron chi connectivity index (χ0n) is 8.96. The fourth-order valence-electron chi connectivity index (χ4n) is 2.13. The molecule has 1 aliphatic carbocycles. The molecule has 2 rings (SSSR count). The largest absolute Gasteiger partial charge is 0.311 e. The Balaban J connectivity index is 2.17.